The van der Waals surface area contributed by atoms with Gasteiger partial charge in [0.15, 0.2) is 0 Å². The van der Waals surface area contributed by atoms with Crippen LogP contribution in [0.3, 0.4) is 0 Å². The number of hydrogen-bond acceptors (Lipinski definition) is 2. The molecule has 0 amide bonds. The number of alkyl halides is 3. The Bertz CT molecular complexity index is 383. The Morgan fingerprint density at radius 3 is 2.37 bits per heavy atom. The van der Waals surface area contributed by atoms with Gasteiger partial charge in [0.05, 0.1) is 6.42 Å². The fourth-order valence-corrected chi connectivity index (χ4v) is 2.43. The highest BCUT2D eigenvalue weighted by atomic mass is 35.5. The predicted octanol–water partition coefficient (Wildman–Crippen LogP) is 2.79. The quantitative estimate of drug-likeness (QED) is 0.929. The smallest absolute Gasteiger partial charge is 0.326 e. The van der Waals surface area contributed by atoms with Crippen molar-refractivity contribution in [1.82, 2.24) is 4.90 Å². The Kier molecular flexibility index (Phi) is 5.64. The van der Waals surface area contributed by atoms with Gasteiger partial charge in [-0.2, -0.15) is 13.2 Å². The summed E-state index contributed by atoms with van der Waals surface area (Å²) in [6, 6.07) is 9.67. The van der Waals surface area contributed by atoms with E-state index in [9.17, 15) is 13.2 Å². The van der Waals surface area contributed by atoms with Crippen molar-refractivity contribution in [2.45, 2.75) is 24.6 Å². The summed E-state index contributed by atoms with van der Waals surface area (Å²) < 4.78 is 36.5. The van der Waals surface area contributed by atoms with Crippen LogP contribution < -0.4 is 5.73 Å². The molecule has 1 saturated heterocycles. The number of halogens is 4. The minimum absolute atomic E-state index is 0. The second-order valence-electron chi connectivity index (χ2n) is 4.81. The highest BCUT2D eigenvalue weighted by molar-refractivity contribution is 5.85. The summed E-state index contributed by atoms with van der Waals surface area (Å²) in [6.45, 7) is 1.19. The highest BCUT2D eigenvalue weighted by Gasteiger charge is 2.34. The molecule has 0 aromatic heterocycles. The van der Waals surface area contributed by atoms with Crippen LogP contribution in [0.15, 0.2) is 30.3 Å². The summed E-state index contributed by atoms with van der Waals surface area (Å²) in [5.41, 5.74) is 7.13. The molecule has 1 aromatic carbocycles. The molecule has 1 fully saturated rings. The van der Waals surface area contributed by atoms with E-state index < -0.39 is 12.6 Å². The van der Waals surface area contributed by atoms with Crippen LogP contribution in [-0.4, -0.2) is 36.8 Å². The Morgan fingerprint density at radius 2 is 1.79 bits per heavy atom. The van der Waals surface area contributed by atoms with Crippen molar-refractivity contribution in [2.75, 3.05) is 19.6 Å². The molecule has 1 aliphatic rings. The van der Waals surface area contributed by atoms with Gasteiger partial charge >= 0.3 is 6.18 Å². The van der Waals surface area contributed by atoms with Crippen molar-refractivity contribution in [3.8, 4) is 0 Å². The Hall–Kier alpha value is -0.780. The highest BCUT2D eigenvalue weighted by Crippen LogP contribution is 2.28. The molecule has 0 radical (unpaired) electrons. The third kappa shape index (κ3) is 4.67. The number of nitrogens with two attached hydrogens (primary N) is 1. The summed E-state index contributed by atoms with van der Waals surface area (Å²) in [6.07, 6.45) is -4.85. The van der Waals surface area contributed by atoms with E-state index >= 15 is 0 Å². The molecule has 2 rings (SSSR count). The van der Waals surface area contributed by atoms with E-state index in [0.29, 0.717) is 13.1 Å². The topological polar surface area (TPSA) is 29.3 Å². The molecule has 1 aliphatic heterocycles. The number of likely N-dealkylation sites (tertiary alicyclic amines) is 1. The first-order valence-electron chi connectivity index (χ1n) is 6.05. The average Bonchev–Trinajstić information content (AvgIpc) is 2.68. The number of rotatable bonds is 3. The molecule has 0 saturated carbocycles. The van der Waals surface area contributed by atoms with Crippen molar-refractivity contribution in [3.63, 3.8) is 0 Å². The van der Waals surface area contributed by atoms with E-state index in [-0.39, 0.29) is 30.9 Å². The Balaban J connectivity index is 0.00000180. The Labute approximate surface area is 117 Å². The largest absolute Gasteiger partial charge is 0.390 e. The zero-order valence-corrected chi connectivity index (χ0v) is 11.3. The molecule has 0 spiro atoms. The van der Waals surface area contributed by atoms with E-state index in [4.69, 9.17) is 5.73 Å². The maximum Gasteiger partial charge on any atom is 0.390 e. The van der Waals surface area contributed by atoms with Crippen LogP contribution in [0.2, 0.25) is 0 Å². The first-order chi connectivity index (χ1) is 8.46. The van der Waals surface area contributed by atoms with Crippen LogP contribution in [-0.2, 0) is 0 Å². The molecule has 19 heavy (non-hydrogen) atoms. The monoisotopic (exact) mass is 294 g/mol. The summed E-state index contributed by atoms with van der Waals surface area (Å²) >= 11 is 0. The molecule has 2 atom stereocenters. The molecule has 1 heterocycles. The fraction of sp³-hybridized carbons (Fsp3) is 0.538. The molecule has 2 nitrogen and oxygen atoms in total. The Morgan fingerprint density at radius 1 is 1.16 bits per heavy atom. The lowest BCUT2D eigenvalue weighted by atomic mass is 9.95. The fourth-order valence-electron chi connectivity index (χ4n) is 2.43. The first-order valence-corrected chi connectivity index (χ1v) is 6.05. The van der Waals surface area contributed by atoms with Crippen LogP contribution in [0.4, 0.5) is 13.2 Å². The van der Waals surface area contributed by atoms with Crippen LogP contribution in [0.25, 0.3) is 0 Å². The molecule has 0 unspecified atom stereocenters. The lowest BCUT2D eigenvalue weighted by molar-refractivity contribution is -0.137. The van der Waals surface area contributed by atoms with Crippen LogP contribution >= 0.6 is 12.4 Å². The van der Waals surface area contributed by atoms with Gasteiger partial charge in [-0.05, 0) is 5.56 Å². The van der Waals surface area contributed by atoms with Gasteiger partial charge < -0.3 is 10.6 Å². The number of nitrogens with zero attached hydrogens (tertiary/aromatic N) is 1. The molecule has 2 N–H and O–H groups in total. The normalized spacial score (nSPS) is 24.2. The average molecular weight is 295 g/mol. The summed E-state index contributed by atoms with van der Waals surface area (Å²) in [7, 11) is 0. The molecule has 0 aliphatic carbocycles. The van der Waals surface area contributed by atoms with Gasteiger partial charge in [0.2, 0.25) is 0 Å². The van der Waals surface area contributed by atoms with Gasteiger partial charge in [0.25, 0.3) is 0 Å². The van der Waals surface area contributed by atoms with Crippen molar-refractivity contribution in [1.29, 1.82) is 0 Å². The summed E-state index contributed by atoms with van der Waals surface area (Å²) in [5.74, 6) is 0.138. The van der Waals surface area contributed by atoms with E-state index in [1.807, 2.05) is 30.3 Å². The lowest BCUT2D eigenvalue weighted by Gasteiger charge is -2.16. The van der Waals surface area contributed by atoms with Crippen LogP contribution in [0, 0.1) is 0 Å². The minimum Gasteiger partial charge on any atom is -0.326 e. The van der Waals surface area contributed by atoms with Gasteiger partial charge in [-0.15, -0.1) is 12.4 Å². The number of hydrogen-bond donors (Lipinski definition) is 1. The molecular weight excluding hydrogens is 277 g/mol. The minimum atomic E-state index is -4.09. The third-order valence-corrected chi connectivity index (χ3v) is 3.38. The van der Waals surface area contributed by atoms with Gasteiger partial charge in [-0.3, -0.25) is 0 Å². The van der Waals surface area contributed by atoms with E-state index in [0.717, 1.165) is 5.56 Å². The first kappa shape index (κ1) is 16.3. The zero-order chi connectivity index (χ0) is 13.2. The van der Waals surface area contributed by atoms with Gasteiger partial charge in [0, 0.05) is 31.6 Å². The summed E-state index contributed by atoms with van der Waals surface area (Å²) in [5, 5.41) is 0. The number of benzene rings is 1. The second-order valence-corrected chi connectivity index (χ2v) is 4.81. The maximum atomic E-state index is 12.2. The molecule has 108 valence electrons. The standard InChI is InChI=1S/C13H17F3N2.ClH/c14-13(15,16)6-7-18-8-11(12(17)9-18)10-4-2-1-3-5-10;/h1-5,11-12H,6-9,17H2;1H/t11-,12+;/m0./s1. The van der Waals surface area contributed by atoms with E-state index in [1.54, 1.807) is 4.90 Å². The second kappa shape index (κ2) is 6.59. The van der Waals surface area contributed by atoms with Crippen molar-refractivity contribution in [3.05, 3.63) is 35.9 Å². The van der Waals surface area contributed by atoms with Crippen LogP contribution in [0.5, 0.6) is 0 Å². The molecule has 6 heteroatoms. The zero-order valence-electron chi connectivity index (χ0n) is 10.4. The van der Waals surface area contributed by atoms with Gasteiger partial charge in [-0.1, -0.05) is 30.3 Å². The predicted molar refractivity (Wildman–Crippen MR) is 71.5 cm³/mol. The van der Waals surface area contributed by atoms with E-state index in [1.165, 1.54) is 0 Å². The lowest BCUT2D eigenvalue weighted by Crippen LogP contribution is -2.30. The van der Waals surface area contributed by atoms with E-state index in [2.05, 4.69) is 0 Å². The maximum absolute atomic E-state index is 12.2. The molecular formula is C13H18ClF3N2. The molecule has 1 aromatic rings. The van der Waals surface area contributed by atoms with Crippen LogP contribution in [0.1, 0.15) is 17.9 Å². The summed E-state index contributed by atoms with van der Waals surface area (Å²) in [4.78, 5) is 1.80. The SMILES string of the molecule is Cl.N[C@@H]1CN(CCC(F)(F)F)C[C@H]1c1ccccc1. The third-order valence-electron chi connectivity index (χ3n) is 3.38. The van der Waals surface area contributed by atoms with Crippen molar-refractivity contribution < 1.29 is 13.2 Å². The van der Waals surface area contributed by atoms with Crippen molar-refractivity contribution >= 4 is 12.4 Å². The van der Waals surface area contributed by atoms with Gasteiger partial charge in [-0.25, -0.2) is 0 Å². The molecule has 0 bridgehead atoms. The van der Waals surface area contributed by atoms with Gasteiger partial charge in [0.1, 0.15) is 0 Å². The van der Waals surface area contributed by atoms with Crippen molar-refractivity contribution in [2.24, 2.45) is 5.73 Å².